The highest BCUT2D eigenvalue weighted by atomic mass is 32.2. The lowest BCUT2D eigenvalue weighted by atomic mass is 10.4. The zero-order valence-corrected chi connectivity index (χ0v) is 14.2. The molecule has 0 atom stereocenters. The highest BCUT2D eigenvalue weighted by molar-refractivity contribution is 7.89. The molecule has 1 aliphatic rings. The van der Waals surface area contributed by atoms with Crippen molar-refractivity contribution in [2.75, 3.05) is 13.1 Å². The van der Waals surface area contributed by atoms with Crippen molar-refractivity contribution in [3.05, 3.63) is 29.7 Å². The van der Waals surface area contributed by atoms with Crippen molar-refractivity contribution in [3.8, 4) is 0 Å². The fourth-order valence-electron chi connectivity index (χ4n) is 2.55. The maximum absolute atomic E-state index is 12.5. The van der Waals surface area contributed by atoms with E-state index >= 15 is 0 Å². The normalized spacial score (nSPS) is 15.8. The van der Waals surface area contributed by atoms with Gasteiger partial charge in [0.2, 0.25) is 15.9 Å². The average molecular weight is 354 g/mol. The SMILES string of the molecule is Cc1nnc(COC(=O)c2cc(S(=O)(=O)N3CCCC3)cn2C)o1. The van der Waals surface area contributed by atoms with E-state index in [0.717, 1.165) is 12.8 Å². The molecule has 3 rings (SSSR count). The Kier molecular flexibility index (Phi) is 4.41. The molecule has 0 aliphatic carbocycles. The number of rotatable bonds is 5. The van der Waals surface area contributed by atoms with E-state index in [0.29, 0.717) is 19.0 Å². The third-order valence-electron chi connectivity index (χ3n) is 3.79. The van der Waals surface area contributed by atoms with Crippen LogP contribution in [-0.4, -0.2) is 46.5 Å². The van der Waals surface area contributed by atoms with Crippen LogP contribution < -0.4 is 0 Å². The summed E-state index contributed by atoms with van der Waals surface area (Å²) in [6.07, 6.45) is 3.12. The molecule has 2 aromatic rings. The maximum atomic E-state index is 12.5. The molecule has 1 aliphatic heterocycles. The first-order chi connectivity index (χ1) is 11.4. The molecule has 3 heterocycles. The number of carbonyl (C=O) groups is 1. The minimum absolute atomic E-state index is 0.0903. The summed E-state index contributed by atoms with van der Waals surface area (Å²) in [5.74, 6) is -0.102. The van der Waals surface area contributed by atoms with Crippen molar-refractivity contribution in [2.45, 2.75) is 31.3 Å². The Morgan fingerprint density at radius 3 is 2.67 bits per heavy atom. The molecule has 24 heavy (non-hydrogen) atoms. The van der Waals surface area contributed by atoms with Crippen molar-refractivity contribution in [1.29, 1.82) is 0 Å². The van der Waals surface area contributed by atoms with Crippen LogP contribution in [0.5, 0.6) is 0 Å². The van der Waals surface area contributed by atoms with E-state index in [2.05, 4.69) is 10.2 Å². The Bertz CT molecular complexity index is 848. The fraction of sp³-hybridized carbons (Fsp3) is 0.500. The van der Waals surface area contributed by atoms with E-state index < -0.39 is 16.0 Å². The first kappa shape index (κ1) is 16.7. The van der Waals surface area contributed by atoms with Gasteiger partial charge in [0.05, 0.1) is 0 Å². The quantitative estimate of drug-likeness (QED) is 0.733. The summed E-state index contributed by atoms with van der Waals surface area (Å²) in [6, 6.07) is 1.33. The summed E-state index contributed by atoms with van der Waals surface area (Å²) in [7, 11) is -1.98. The minimum Gasteiger partial charge on any atom is -0.451 e. The topological polar surface area (TPSA) is 108 Å². The summed E-state index contributed by atoms with van der Waals surface area (Å²) in [5, 5.41) is 7.36. The van der Waals surface area contributed by atoms with E-state index in [-0.39, 0.29) is 23.1 Å². The van der Waals surface area contributed by atoms with Crippen molar-refractivity contribution < 1.29 is 22.4 Å². The van der Waals surface area contributed by atoms with Crippen LogP contribution in [0.4, 0.5) is 0 Å². The highest BCUT2D eigenvalue weighted by Gasteiger charge is 2.29. The number of hydrogen-bond acceptors (Lipinski definition) is 7. The van der Waals surface area contributed by atoms with Crippen LogP contribution in [0.2, 0.25) is 0 Å². The zero-order valence-electron chi connectivity index (χ0n) is 13.4. The van der Waals surface area contributed by atoms with E-state index in [1.807, 2.05) is 0 Å². The van der Waals surface area contributed by atoms with E-state index in [1.54, 1.807) is 14.0 Å². The number of nitrogens with zero attached hydrogens (tertiary/aromatic N) is 4. The van der Waals surface area contributed by atoms with Crippen molar-refractivity contribution in [3.63, 3.8) is 0 Å². The van der Waals surface area contributed by atoms with Crippen molar-refractivity contribution in [2.24, 2.45) is 7.05 Å². The number of aryl methyl sites for hydroxylation is 2. The zero-order chi connectivity index (χ0) is 17.3. The average Bonchev–Trinajstić information content (AvgIpc) is 3.25. The van der Waals surface area contributed by atoms with Gasteiger partial charge in [-0.2, -0.15) is 4.31 Å². The Balaban J connectivity index is 1.74. The van der Waals surface area contributed by atoms with Gasteiger partial charge in [0.25, 0.3) is 5.89 Å². The second-order valence-electron chi connectivity index (χ2n) is 5.57. The van der Waals surface area contributed by atoms with E-state index in [9.17, 15) is 13.2 Å². The van der Waals surface area contributed by atoms with Gasteiger partial charge in [0.1, 0.15) is 10.6 Å². The summed E-state index contributed by atoms with van der Waals surface area (Å²) in [6.45, 7) is 2.48. The number of esters is 1. The lowest BCUT2D eigenvalue weighted by molar-refractivity contribution is 0.0425. The summed E-state index contributed by atoms with van der Waals surface area (Å²) in [4.78, 5) is 12.3. The molecule has 1 fully saturated rings. The van der Waals surface area contributed by atoms with Crippen LogP contribution in [-0.2, 0) is 28.4 Å². The summed E-state index contributed by atoms with van der Waals surface area (Å²) < 4.78 is 38.1. The lowest BCUT2D eigenvalue weighted by Gasteiger charge is -2.13. The molecular formula is C14H18N4O5S. The first-order valence-electron chi connectivity index (χ1n) is 7.50. The highest BCUT2D eigenvalue weighted by Crippen LogP contribution is 2.23. The van der Waals surface area contributed by atoms with Gasteiger partial charge in [-0.15, -0.1) is 10.2 Å². The lowest BCUT2D eigenvalue weighted by Crippen LogP contribution is -2.27. The monoisotopic (exact) mass is 354 g/mol. The molecule has 0 spiro atoms. The van der Waals surface area contributed by atoms with Crippen LogP contribution in [0.25, 0.3) is 0 Å². The molecular weight excluding hydrogens is 336 g/mol. The molecule has 0 bridgehead atoms. The standard InChI is InChI=1S/C14H18N4O5S/c1-10-15-16-13(23-10)9-22-14(19)12-7-11(8-17(12)2)24(20,21)18-5-3-4-6-18/h7-8H,3-6,9H2,1-2H3. The Morgan fingerprint density at radius 1 is 1.33 bits per heavy atom. The van der Waals surface area contributed by atoms with Gasteiger partial charge in [-0.05, 0) is 18.9 Å². The first-order valence-corrected chi connectivity index (χ1v) is 8.94. The smallest absolute Gasteiger partial charge is 0.355 e. The van der Waals surface area contributed by atoms with Crippen LogP contribution in [0.1, 0.15) is 35.1 Å². The predicted molar refractivity (Wildman–Crippen MR) is 81.6 cm³/mol. The molecule has 2 aromatic heterocycles. The maximum Gasteiger partial charge on any atom is 0.355 e. The molecule has 9 nitrogen and oxygen atoms in total. The molecule has 0 saturated carbocycles. The van der Waals surface area contributed by atoms with Gasteiger partial charge >= 0.3 is 5.97 Å². The largest absolute Gasteiger partial charge is 0.451 e. The molecule has 1 saturated heterocycles. The Labute approximate surface area is 139 Å². The Morgan fingerprint density at radius 2 is 2.04 bits per heavy atom. The number of sulfonamides is 1. The molecule has 130 valence electrons. The van der Waals surface area contributed by atoms with Gasteiger partial charge in [-0.1, -0.05) is 0 Å². The summed E-state index contributed by atoms with van der Waals surface area (Å²) in [5.41, 5.74) is 0.143. The van der Waals surface area contributed by atoms with Crippen LogP contribution in [0.15, 0.2) is 21.6 Å². The minimum atomic E-state index is -3.57. The third kappa shape index (κ3) is 3.20. The summed E-state index contributed by atoms with van der Waals surface area (Å²) >= 11 is 0. The van der Waals surface area contributed by atoms with Crippen LogP contribution >= 0.6 is 0 Å². The number of aromatic nitrogens is 3. The molecule has 10 heteroatoms. The number of ether oxygens (including phenoxy) is 1. The van der Waals surface area contributed by atoms with Gasteiger partial charge in [0.15, 0.2) is 6.61 Å². The van der Waals surface area contributed by atoms with Crippen LogP contribution in [0.3, 0.4) is 0 Å². The van der Waals surface area contributed by atoms with Crippen LogP contribution in [0, 0.1) is 6.92 Å². The Hall–Kier alpha value is -2.20. The van der Waals surface area contributed by atoms with Crippen molar-refractivity contribution in [1.82, 2.24) is 19.1 Å². The molecule has 0 aromatic carbocycles. The van der Waals surface area contributed by atoms with E-state index in [1.165, 1.54) is 21.1 Å². The second-order valence-corrected chi connectivity index (χ2v) is 7.51. The number of hydrogen-bond donors (Lipinski definition) is 0. The molecule has 0 amide bonds. The van der Waals surface area contributed by atoms with Gasteiger partial charge in [0, 0.05) is 33.3 Å². The van der Waals surface area contributed by atoms with E-state index in [4.69, 9.17) is 9.15 Å². The number of carbonyl (C=O) groups excluding carboxylic acids is 1. The second kappa shape index (κ2) is 6.36. The molecule has 0 unspecified atom stereocenters. The van der Waals surface area contributed by atoms with Gasteiger partial charge < -0.3 is 13.7 Å². The van der Waals surface area contributed by atoms with Crippen molar-refractivity contribution >= 4 is 16.0 Å². The van der Waals surface area contributed by atoms with Gasteiger partial charge in [-0.3, -0.25) is 0 Å². The predicted octanol–water partition coefficient (Wildman–Crippen LogP) is 0.858. The molecule has 0 N–H and O–H groups in total. The van der Waals surface area contributed by atoms with Gasteiger partial charge in [-0.25, -0.2) is 13.2 Å². The molecule has 0 radical (unpaired) electrons. The third-order valence-corrected chi connectivity index (χ3v) is 5.65. The fourth-order valence-corrected chi connectivity index (χ4v) is 4.14.